The molecule has 0 spiro atoms. The molecule has 4 heteroatoms. The lowest BCUT2D eigenvalue weighted by Crippen LogP contribution is -2.57. The highest BCUT2D eigenvalue weighted by Gasteiger charge is 2.43. The van der Waals surface area contributed by atoms with Crippen molar-refractivity contribution in [3.05, 3.63) is 0 Å². The Hall–Kier alpha value is -1.06. The summed E-state index contributed by atoms with van der Waals surface area (Å²) in [7, 11) is 0. The van der Waals surface area contributed by atoms with E-state index in [2.05, 4.69) is 19.2 Å². The Balaban J connectivity index is 2.65. The van der Waals surface area contributed by atoms with Crippen LogP contribution >= 0.6 is 0 Å². The van der Waals surface area contributed by atoms with E-state index in [9.17, 15) is 9.59 Å². The van der Waals surface area contributed by atoms with Crippen molar-refractivity contribution in [3.63, 3.8) is 0 Å². The van der Waals surface area contributed by atoms with E-state index in [0.717, 1.165) is 25.7 Å². The second-order valence-corrected chi connectivity index (χ2v) is 6.64. The molecule has 0 aromatic heterocycles. The number of carbonyl (C=O) groups excluding carboxylic acids is 1. The molecule has 18 heavy (non-hydrogen) atoms. The normalized spacial score (nSPS) is 18.3. The fourth-order valence-electron chi connectivity index (χ4n) is 2.76. The minimum Gasteiger partial charge on any atom is -0.481 e. The van der Waals surface area contributed by atoms with Crippen LogP contribution in [-0.2, 0) is 9.59 Å². The van der Waals surface area contributed by atoms with Gasteiger partial charge >= 0.3 is 5.97 Å². The van der Waals surface area contributed by atoms with Gasteiger partial charge in [0.2, 0.25) is 5.91 Å². The maximum Gasteiger partial charge on any atom is 0.305 e. The first-order chi connectivity index (χ1) is 8.17. The van der Waals surface area contributed by atoms with Crippen molar-refractivity contribution in [1.29, 1.82) is 0 Å². The van der Waals surface area contributed by atoms with Crippen molar-refractivity contribution in [2.45, 2.75) is 65.3 Å². The highest BCUT2D eigenvalue weighted by Crippen LogP contribution is 2.36. The Morgan fingerprint density at radius 3 is 2.22 bits per heavy atom. The SMILES string of the molecule is CC(C)CC(C)(C)C(=O)NC1(CC(=O)O)CCC1. The third-order valence-electron chi connectivity index (χ3n) is 3.71. The summed E-state index contributed by atoms with van der Waals surface area (Å²) in [6.45, 7) is 8.03. The quantitative estimate of drug-likeness (QED) is 0.766. The molecule has 1 fully saturated rings. The Labute approximate surface area is 109 Å². The number of carbonyl (C=O) groups is 2. The Morgan fingerprint density at radius 2 is 1.89 bits per heavy atom. The molecule has 0 bridgehead atoms. The molecule has 104 valence electrons. The highest BCUT2D eigenvalue weighted by atomic mass is 16.4. The lowest BCUT2D eigenvalue weighted by Gasteiger charge is -2.43. The minimum atomic E-state index is -0.836. The molecule has 1 saturated carbocycles. The first-order valence-corrected chi connectivity index (χ1v) is 6.71. The number of rotatable bonds is 6. The van der Waals surface area contributed by atoms with Gasteiger partial charge in [-0.05, 0) is 31.6 Å². The summed E-state index contributed by atoms with van der Waals surface area (Å²) in [5.41, 5.74) is -0.924. The van der Waals surface area contributed by atoms with Crippen molar-refractivity contribution >= 4 is 11.9 Å². The van der Waals surface area contributed by atoms with Crippen LogP contribution in [0.2, 0.25) is 0 Å². The number of hydrogen-bond acceptors (Lipinski definition) is 2. The van der Waals surface area contributed by atoms with Gasteiger partial charge in [-0.15, -0.1) is 0 Å². The summed E-state index contributed by atoms with van der Waals surface area (Å²) in [6, 6.07) is 0. The van der Waals surface area contributed by atoms with Crippen LogP contribution in [-0.4, -0.2) is 22.5 Å². The van der Waals surface area contributed by atoms with Crippen LogP contribution in [0, 0.1) is 11.3 Å². The lowest BCUT2D eigenvalue weighted by molar-refractivity contribution is -0.141. The predicted octanol–water partition coefficient (Wildman–Crippen LogP) is 2.57. The van der Waals surface area contributed by atoms with Gasteiger partial charge in [0.05, 0.1) is 12.0 Å². The average Bonchev–Trinajstić information content (AvgIpc) is 2.11. The third-order valence-corrected chi connectivity index (χ3v) is 3.71. The van der Waals surface area contributed by atoms with Crippen LogP contribution in [0.15, 0.2) is 0 Å². The summed E-state index contributed by atoms with van der Waals surface area (Å²) >= 11 is 0. The largest absolute Gasteiger partial charge is 0.481 e. The summed E-state index contributed by atoms with van der Waals surface area (Å²) in [5.74, 6) is -0.406. The number of hydrogen-bond donors (Lipinski definition) is 2. The van der Waals surface area contributed by atoms with E-state index in [1.807, 2.05) is 13.8 Å². The van der Waals surface area contributed by atoms with Crippen molar-refractivity contribution in [1.82, 2.24) is 5.32 Å². The lowest BCUT2D eigenvalue weighted by atomic mass is 9.73. The zero-order chi connectivity index (χ0) is 14.0. The van der Waals surface area contributed by atoms with Gasteiger partial charge in [0.25, 0.3) is 0 Å². The fraction of sp³-hybridized carbons (Fsp3) is 0.857. The predicted molar refractivity (Wildman–Crippen MR) is 70.2 cm³/mol. The molecule has 1 aliphatic rings. The summed E-state index contributed by atoms with van der Waals surface area (Å²) in [4.78, 5) is 23.2. The Bertz CT molecular complexity index is 330. The number of carboxylic acids is 1. The van der Waals surface area contributed by atoms with Crippen molar-refractivity contribution in [2.75, 3.05) is 0 Å². The van der Waals surface area contributed by atoms with Crippen LogP contribution in [0.1, 0.15) is 59.8 Å². The highest BCUT2D eigenvalue weighted by molar-refractivity contribution is 5.83. The molecule has 2 N–H and O–H groups in total. The van der Waals surface area contributed by atoms with Crippen molar-refractivity contribution in [3.8, 4) is 0 Å². The van der Waals surface area contributed by atoms with E-state index in [-0.39, 0.29) is 12.3 Å². The van der Waals surface area contributed by atoms with Gasteiger partial charge < -0.3 is 10.4 Å². The van der Waals surface area contributed by atoms with E-state index >= 15 is 0 Å². The van der Waals surface area contributed by atoms with Gasteiger partial charge in [-0.1, -0.05) is 27.7 Å². The van der Waals surface area contributed by atoms with Crippen LogP contribution in [0.3, 0.4) is 0 Å². The second kappa shape index (κ2) is 5.29. The molecule has 0 aliphatic heterocycles. The van der Waals surface area contributed by atoms with Crippen molar-refractivity contribution in [2.24, 2.45) is 11.3 Å². The molecule has 0 saturated heterocycles. The molecule has 0 radical (unpaired) electrons. The summed E-state index contributed by atoms with van der Waals surface area (Å²) in [5, 5.41) is 11.9. The zero-order valence-corrected chi connectivity index (χ0v) is 11.9. The van der Waals surface area contributed by atoms with Crippen LogP contribution in [0.4, 0.5) is 0 Å². The minimum absolute atomic E-state index is 0.0165. The molecule has 1 aliphatic carbocycles. The maximum absolute atomic E-state index is 12.3. The van der Waals surface area contributed by atoms with E-state index in [1.165, 1.54) is 0 Å². The average molecular weight is 255 g/mol. The number of amides is 1. The van der Waals surface area contributed by atoms with Gasteiger partial charge in [-0.2, -0.15) is 0 Å². The Morgan fingerprint density at radius 1 is 1.33 bits per heavy atom. The number of nitrogens with one attached hydrogen (secondary N) is 1. The standard InChI is InChI=1S/C14H25NO3/c1-10(2)8-13(3,4)12(18)15-14(6-5-7-14)9-11(16)17/h10H,5-9H2,1-4H3,(H,15,18)(H,16,17). The third kappa shape index (κ3) is 3.72. The number of aliphatic carboxylic acids is 1. The summed E-state index contributed by atoms with van der Waals surface area (Å²) < 4.78 is 0. The molecule has 1 rings (SSSR count). The zero-order valence-electron chi connectivity index (χ0n) is 11.9. The summed E-state index contributed by atoms with van der Waals surface area (Å²) in [6.07, 6.45) is 3.41. The van der Waals surface area contributed by atoms with E-state index < -0.39 is 16.9 Å². The molecular formula is C14H25NO3. The molecular weight excluding hydrogens is 230 g/mol. The molecule has 4 nitrogen and oxygen atoms in total. The Kier molecular flexibility index (Phi) is 4.41. The van der Waals surface area contributed by atoms with Crippen LogP contribution in [0.5, 0.6) is 0 Å². The molecule has 0 unspecified atom stereocenters. The van der Waals surface area contributed by atoms with Crippen LogP contribution < -0.4 is 5.32 Å². The van der Waals surface area contributed by atoms with Gasteiger partial charge in [0.1, 0.15) is 0 Å². The van der Waals surface area contributed by atoms with E-state index in [4.69, 9.17) is 5.11 Å². The second-order valence-electron chi connectivity index (χ2n) is 6.64. The maximum atomic E-state index is 12.3. The molecule has 0 aromatic carbocycles. The number of carboxylic acid groups (broad SMARTS) is 1. The molecule has 0 aromatic rings. The van der Waals surface area contributed by atoms with Gasteiger partial charge in [-0.3, -0.25) is 9.59 Å². The topological polar surface area (TPSA) is 66.4 Å². The van der Waals surface area contributed by atoms with Gasteiger partial charge in [0.15, 0.2) is 0 Å². The van der Waals surface area contributed by atoms with Crippen molar-refractivity contribution < 1.29 is 14.7 Å². The van der Waals surface area contributed by atoms with E-state index in [0.29, 0.717) is 5.92 Å². The smallest absolute Gasteiger partial charge is 0.305 e. The van der Waals surface area contributed by atoms with Gasteiger partial charge in [0, 0.05) is 5.41 Å². The first kappa shape index (κ1) is 15.0. The van der Waals surface area contributed by atoms with Crippen LogP contribution in [0.25, 0.3) is 0 Å². The molecule has 1 amide bonds. The fourth-order valence-corrected chi connectivity index (χ4v) is 2.76. The first-order valence-electron chi connectivity index (χ1n) is 6.71. The van der Waals surface area contributed by atoms with E-state index in [1.54, 1.807) is 0 Å². The monoisotopic (exact) mass is 255 g/mol. The molecule has 0 atom stereocenters. The van der Waals surface area contributed by atoms with Gasteiger partial charge in [-0.25, -0.2) is 0 Å². The molecule has 0 heterocycles.